The van der Waals surface area contributed by atoms with Crippen LogP contribution in [0.4, 0.5) is 0 Å². The average Bonchev–Trinajstić information content (AvgIpc) is 2.35. The highest BCUT2D eigenvalue weighted by Gasteiger charge is 2.19. The summed E-state index contributed by atoms with van der Waals surface area (Å²) in [5, 5.41) is 0. The second kappa shape index (κ2) is 6.17. The maximum atomic E-state index is 12.2. The van der Waals surface area contributed by atoms with Gasteiger partial charge >= 0.3 is 0 Å². The van der Waals surface area contributed by atoms with Crippen molar-refractivity contribution in [1.82, 2.24) is 4.31 Å². The molecule has 0 spiro atoms. The van der Waals surface area contributed by atoms with E-state index in [1.807, 2.05) is 12.1 Å². The number of nitrogens with zero attached hydrogens (tertiary/aromatic N) is 1. The van der Waals surface area contributed by atoms with Crippen LogP contribution < -0.4 is 0 Å². The van der Waals surface area contributed by atoms with Gasteiger partial charge in [-0.1, -0.05) is 32.4 Å². The van der Waals surface area contributed by atoms with Crippen LogP contribution >= 0.6 is 0 Å². The molecule has 0 N–H and O–H groups in total. The molecular formula is C13H21NO2S. The lowest BCUT2D eigenvalue weighted by molar-refractivity contribution is 0.459. The molecule has 3 nitrogen and oxygen atoms in total. The Morgan fingerprint density at radius 3 is 2.18 bits per heavy atom. The van der Waals surface area contributed by atoms with Gasteiger partial charge in [-0.25, -0.2) is 12.7 Å². The smallest absolute Gasteiger partial charge is 0.207 e. The fraction of sp³-hybridized carbons (Fsp3) is 0.538. The van der Waals surface area contributed by atoms with E-state index in [0.717, 1.165) is 24.8 Å². The summed E-state index contributed by atoms with van der Waals surface area (Å²) in [4.78, 5) is 0.383. The zero-order valence-electron chi connectivity index (χ0n) is 10.8. The Morgan fingerprint density at radius 1 is 1.12 bits per heavy atom. The highest BCUT2D eigenvalue weighted by atomic mass is 32.2. The first-order valence-electron chi connectivity index (χ1n) is 6.07. The third-order valence-electron chi connectivity index (χ3n) is 2.87. The predicted molar refractivity (Wildman–Crippen MR) is 70.5 cm³/mol. The lowest BCUT2D eigenvalue weighted by atomic mass is 10.2. The Hall–Kier alpha value is -0.870. The largest absolute Gasteiger partial charge is 0.242 e. The van der Waals surface area contributed by atoms with Crippen LogP contribution in [0.2, 0.25) is 0 Å². The van der Waals surface area contributed by atoms with E-state index in [0.29, 0.717) is 11.4 Å². The van der Waals surface area contributed by atoms with Crippen LogP contribution in [0.25, 0.3) is 0 Å². The molecule has 0 amide bonds. The van der Waals surface area contributed by atoms with Crippen molar-refractivity contribution in [2.45, 2.75) is 38.0 Å². The maximum absolute atomic E-state index is 12.2. The van der Waals surface area contributed by atoms with Crippen molar-refractivity contribution < 1.29 is 8.42 Å². The number of benzene rings is 1. The average molecular weight is 255 g/mol. The minimum atomic E-state index is -3.30. The number of sulfonamides is 1. The molecule has 0 heterocycles. The van der Waals surface area contributed by atoms with Crippen molar-refractivity contribution in [2.75, 3.05) is 13.6 Å². The Balaban J connectivity index is 2.88. The molecule has 1 aromatic carbocycles. The van der Waals surface area contributed by atoms with E-state index in [1.54, 1.807) is 19.2 Å². The first-order valence-corrected chi connectivity index (χ1v) is 7.51. The first-order chi connectivity index (χ1) is 8.02. The molecule has 0 radical (unpaired) electrons. The molecule has 0 aromatic heterocycles. The molecular weight excluding hydrogens is 234 g/mol. The number of unbranched alkanes of at least 4 members (excludes halogenated alkanes) is 1. The fourth-order valence-electron chi connectivity index (χ4n) is 1.58. The van der Waals surface area contributed by atoms with Gasteiger partial charge in [-0.15, -0.1) is 0 Å². The molecule has 0 aliphatic carbocycles. The van der Waals surface area contributed by atoms with Crippen molar-refractivity contribution in [3.8, 4) is 0 Å². The molecule has 1 rings (SSSR count). The number of rotatable bonds is 6. The summed E-state index contributed by atoms with van der Waals surface area (Å²) in [6.07, 6.45) is 2.81. The summed E-state index contributed by atoms with van der Waals surface area (Å²) in [6.45, 7) is 4.68. The van der Waals surface area contributed by atoms with Crippen LogP contribution in [-0.4, -0.2) is 26.3 Å². The second-order valence-corrected chi connectivity index (χ2v) is 6.22. The normalized spacial score (nSPS) is 12.0. The summed E-state index contributed by atoms with van der Waals surface area (Å²) in [5.74, 6) is 0. The van der Waals surface area contributed by atoms with Crippen molar-refractivity contribution >= 4 is 10.0 Å². The van der Waals surface area contributed by atoms with Gasteiger partial charge in [0.1, 0.15) is 0 Å². The van der Waals surface area contributed by atoms with Crippen LogP contribution in [0.1, 0.15) is 32.3 Å². The molecule has 17 heavy (non-hydrogen) atoms. The monoisotopic (exact) mass is 255 g/mol. The third-order valence-corrected chi connectivity index (χ3v) is 4.74. The van der Waals surface area contributed by atoms with Gasteiger partial charge in [0.25, 0.3) is 0 Å². The predicted octanol–water partition coefficient (Wildman–Crippen LogP) is 2.67. The summed E-state index contributed by atoms with van der Waals surface area (Å²) in [5.41, 5.74) is 1.15. The topological polar surface area (TPSA) is 37.4 Å². The standard InChI is InChI=1S/C13H21NO2S/c1-4-6-11-14(3)17(15,16)13-9-7-12(5-2)8-10-13/h7-10H,4-6,11H2,1-3H3. The Labute approximate surface area is 105 Å². The van der Waals surface area contributed by atoms with Gasteiger partial charge in [-0.3, -0.25) is 0 Å². The molecule has 4 heteroatoms. The fourth-order valence-corrected chi connectivity index (χ4v) is 2.79. The molecule has 0 bridgehead atoms. The second-order valence-electron chi connectivity index (χ2n) is 4.18. The quantitative estimate of drug-likeness (QED) is 0.783. The first kappa shape index (κ1) is 14.2. The van der Waals surface area contributed by atoms with Gasteiger partial charge in [0, 0.05) is 13.6 Å². The zero-order valence-corrected chi connectivity index (χ0v) is 11.6. The van der Waals surface area contributed by atoms with E-state index in [1.165, 1.54) is 4.31 Å². The van der Waals surface area contributed by atoms with Gasteiger partial charge in [0.15, 0.2) is 0 Å². The van der Waals surface area contributed by atoms with Gasteiger partial charge < -0.3 is 0 Å². The Kier molecular flexibility index (Phi) is 5.15. The summed E-state index contributed by atoms with van der Waals surface area (Å²) in [6, 6.07) is 7.13. The summed E-state index contributed by atoms with van der Waals surface area (Å²) in [7, 11) is -1.67. The van der Waals surface area contributed by atoms with Gasteiger partial charge in [0.05, 0.1) is 4.90 Å². The Morgan fingerprint density at radius 2 is 1.71 bits per heavy atom. The summed E-state index contributed by atoms with van der Waals surface area (Å²) >= 11 is 0. The van der Waals surface area contributed by atoms with E-state index in [-0.39, 0.29) is 0 Å². The van der Waals surface area contributed by atoms with Gasteiger partial charge in [-0.05, 0) is 30.5 Å². The molecule has 0 fully saturated rings. The third kappa shape index (κ3) is 3.54. The minimum Gasteiger partial charge on any atom is -0.207 e. The highest BCUT2D eigenvalue weighted by Crippen LogP contribution is 2.15. The van der Waals surface area contributed by atoms with Crippen LogP contribution in [0, 0.1) is 0 Å². The molecule has 0 aliphatic rings. The van der Waals surface area contributed by atoms with Crippen LogP contribution in [0.3, 0.4) is 0 Å². The van der Waals surface area contributed by atoms with Gasteiger partial charge in [0.2, 0.25) is 10.0 Å². The van der Waals surface area contributed by atoms with Crippen LogP contribution in [0.5, 0.6) is 0 Å². The van der Waals surface area contributed by atoms with Crippen molar-refractivity contribution in [3.05, 3.63) is 29.8 Å². The van der Waals surface area contributed by atoms with E-state index in [2.05, 4.69) is 13.8 Å². The lowest BCUT2D eigenvalue weighted by Crippen LogP contribution is -2.27. The molecule has 0 atom stereocenters. The highest BCUT2D eigenvalue weighted by molar-refractivity contribution is 7.89. The molecule has 96 valence electrons. The molecule has 0 aliphatic heterocycles. The van der Waals surface area contributed by atoms with Gasteiger partial charge in [-0.2, -0.15) is 0 Å². The van der Waals surface area contributed by atoms with E-state index < -0.39 is 10.0 Å². The number of hydrogen-bond donors (Lipinski definition) is 0. The molecule has 0 unspecified atom stereocenters. The number of hydrogen-bond acceptors (Lipinski definition) is 2. The molecule has 1 aromatic rings. The number of aryl methyl sites for hydroxylation is 1. The van der Waals surface area contributed by atoms with Crippen molar-refractivity contribution in [2.24, 2.45) is 0 Å². The summed E-state index contributed by atoms with van der Waals surface area (Å²) < 4.78 is 25.8. The molecule has 0 saturated carbocycles. The lowest BCUT2D eigenvalue weighted by Gasteiger charge is -2.16. The van der Waals surface area contributed by atoms with Crippen molar-refractivity contribution in [3.63, 3.8) is 0 Å². The van der Waals surface area contributed by atoms with Crippen LogP contribution in [0.15, 0.2) is 29.2 Å². The van der Waals surface area contributed by atoms with Crippen molar-refractivity contribution in [1.29, 1.82) is 0 Å². The van der Waals surface area contributed by atoms with E-state index >= 15 is 0 Å². The maximum Gasteiger partial charge on any atom is 0.242 e. The molecule has 0 saturated heterocycles. The SMILES string of the molecule is CCCCN(C)S(=O)(=O)c1ccc(CC)cc1. The minimum absolute atomic E-state index is 0.383. The van der Waals surface area contributed by atoms with E-state index in [4.69, 9.17) is 0 Å². The zero-order chi connectivity index (χ0) is 12.9. The Bertz CT molecular complexity index is 437. The van der Waals surface area contributed by atoms with Crippen LogP contribution in [-0.2, 0) is 16.4 Å². The van der Waals surface area contributed by atoms with E-state index in [9.17, 15) is 8.42 Å².